The third-order valence-corrected chi connectivity index (χ3v) is 8.47. The number of nitrogens with two attached hydrogens (primary N) is 2. The van der Waals surface area contributed by atoms with Crippen molar-refractivity contribution in [2.75, 3.05) is 30.4 Å². The van der Waals surface area contributed by atoms with Crippen LogP contribution in [0.1, 0.15) is 24.0 Å². The number of likely N-dealkylation sites (tertiary alicyclic amines) is 1. The van der Waals surface area contributed by atoms with E-state index in [1.54, 1.807) is 34.1 Å². The van der Waals surface area contributed by atoms with E-state index in [0.717, 1.165) is 15.4 Å². The van der Waals surface area contributed by atoms with Crippen LogP contribution in [0, 0.1) is 10.8 Å². The molecule has 2 aliphatic rings. The average molecular weight is 529 g/mol. The van der Waals surface area contributed by atoms with Gasteiger partial charge in [-0.05, 0) is 53.9 Å². The molecule has 0 amide bonds. The second-order valence-electron chi connectivity index (χ2n) is 9.19. The molecule has 0 spiro atoms. The molecule has 0 saturated carbocycles. The summed E-state index contributed by atoms with van der Waals surface area (Å²) in [6.45, 7) is 2.21. The van der Waals surface area contributed by atoms with Gasteiger partial charge in [-0.3, -0.25) is 15.1 Å². The zero-order valence-corrected chi connectivity index (χ0v) is 21.2. The van der Waals surface area contributed by atoms with E-state index in [1.165, 1.54) is 12.1 Å². The highest BCUT2D eigenvalue weighted by Crippen LogP contribution is 2.30. The van der Waals surface area contributed by atoms with Gasteiger partial charge in [0.1, 0.15) is 11.9 Å². The van der Waals surface area contributed by atoms with Crippen LogP contribution in [0.3, 0.4) is 0 Å². The van der Waals surface area contributed by atoms with Crippen LogP contribution >= 0.6 is 0 Å². The number of rotatable bonds is 7. The highest BCUT2D eigenvalue weighted by Gasteiger charge is 2.30. The number of piperidine rings is 1. The molecular weight excluding hydrogens is 497 g/mol. The lowest BCUT2D eigenvalue weighted by Gasteiger charge is -2.32. The number of benzene rings is 2. The molecule has 8 N–H and O–H groups in total. The summed E-state index contributed by atoms with van der Waals surface area (Å²) in [5.41, 5.74) is 13.3. The molecule has 2 aliphatic heterocycles. The Morgan fingerprint density at radius 1 is 1.00 bits per heavy atom. The number of fused-ring (bicyclic) bond motifs is 1. The highest BCUT2D eigenvalue weighted by atomic mass is 32.2. The molecule has 2 aromatic rings. The lowest BCUT2D eigenvalue weighted by molar-refractivity contribution is 0.130. The van der Waals surface area contributed by atoms with E-state index in [0.29, 0.717) is 51.2 Å². The zero-order valence-electron chi connectivity index (χ0n) is 20.4. The van der Waals surface area contributed by atoms with E-state index in [-0.39, 0.29) is 28.6 Å². The molecular formula is C23H32BN7O5S. The Labute approximate surface area is 216 Å². The second kappa shape index (κ2) is 10.9. The van der Waals surface area contributed by atoms with Crippen LogP contribution in [0.5, 0.6) is 5.75 Å². The normalized spacial score (nSPS) is 16.2. The SMILES string of the molecule is N=C(N)N1CCC(Oc2ccc(S(=O)(=O)N(CB(O)O)c3ccc4c(c3)CN(C(=N)N)CC4)cc2)CC1. The van der Waals surface area contributed by atoms with Crippen molar-refractivity contribution < 1.29 is 23.2 Å². The first-order chi connectivity index (χ1) is 17.5. The van der Waals surface area contributed by atoms with Gasteiger partial charge >= 0.3 is 7.12 Å². The molecule has 0 atom stereocenters. The fraction of sp³-hybridized carbons (Fsp3) is 0.391. The molecule has 0 radical (unpaired) electrons. The Kier molecular flexibility index (Phi) is 7.80. The Morgan fingerprint density at radius 3 is 2.24 bits per heavy atom. The number of anilines is 1. The Balaban J connectivity index is 1.53. The van der Waals surface area contributed by atoms with Crippen LogP contribution in [0.4, 0.5) is 5.69 Å². The number of nitrogens with zero attached hydrogens (tertiary/aromatic N) is 3. The number of sulfonamides is 1. The van der Waals surface area contributed by atoms with Gasteiger partial charge in [0, 0.05) is 39.0 Å². The predicted molar refractivity (Wildman–Crippen MR) is 141 cm³/mol. The smallest absolute Gasteiger partial charge is 0.473 e. The minimum Gasteiger partial charge on any atom is -0.490 e. The van der Waals surface area contributed by atoms with E-state index in [2.05, 4.69) is 0 Å². The lowest BCUT2D eigenvalue weighted by atomic mass is 9.92. The predicted octanol–water partition coefficient (Wildman–Crippen LogP) is -0.118. The largest absolute Gasteiger partial charge is 0.490 e. The monoisotopic (exact) mass is 529 g/mol. The highest BCUT2D eigenvalue weighted by molar-refractivity contribution is 7.93. The standard InChI is InChI=1S/C23H32BN7O5S/c25-22(26)29-11-8-20(9-12-29)36-19-3-5-21(6-4-19)37(34,35)31(15-24(32)33)18-2-1-16-7-10-30(23(27)28)14-17(16)13-18/h1-6,13,20,32-33H,7-12,14-15H2,(H3,25,26)(H3,27,28). The van der Waals surface area contributed by atoms with Gasteiger partial charge in [0.15, 0.2) is 11.9 Å². The first kappa shape index (κ1) is 26.6. The van der Waals surface area contributed by atoms with E-state index >= 15 is 0 Å². The second-order valence-corrected chi connectivity index (χ2v) is 11.0. The van der Waals surface area contributed by atoms with Crippen LogP contribution in [0.25, 0.3) is 0 Å². The fourth-order valence-corrected chi connectivity index (χ4v) is 6.07. The Bertz CT molecular complexity index is 1250. The molecule has 4 rings (SSSR count). The van der Waals surface area contributed by atoms with Crippen molar-refractivity contribution in [3.63, 3.8) is 0 Å². The maximum absolute atomic E-state index is 13.6. The number of ether oxygens (including phenoxy) is 1. The summed E-state index contributed by atoms with van der Waals surface area (Å²) in [5.74, 6) is 0.505. The molecule has 12 nitrogen and oxygen atoms in total. The van der Waals surface area contributed by atoms with Crippen molar-refractivity contribution >= 4 is 34.7 Å². The van der Waals surface area contributed by atoms with E-state index in [1.807, 2.05) is 6.07 Å². The van der Waals surface area contributed by atoms with Gasteiger partial charge < -0.3 is 36.1 Å². The van der Waals surface area contributed by atoms with E-state index in [4.69, 9.17) is 27.0 Å². The maximum Gasteiger partial charge on any atom is 0.473 e. The molecule has 0 bridgehead atoms. The van der Waals surface area contributed by atoms with Crippen molar-refractivity contribution in [3.05, 3.63) is 53.6 Å². The van der Waals surface area contributed by atoms with Gasteiger partial charge in [-0.1, -0.05) is 6.07 Å². The van der Waals surface area contributed by atoms with Gasteiger partial charge in [0.05, 0.1) is 17.0 Å². The van der Waals surface area contributed by atoms with Crippen LogP contribution in [0.15, 0.2) is 47.4 Å². The minimum absolute atomic E-state index is 0.0185. The Morgan fingerprint density at radius 2 is 1.65 bits per heavy atom. The molecule has 14 heteroatoms. The molecule has 2 aromatic carbocycles. The summed E-state index contributed by atoms with van der Waals surface area (Å²) in [6.07, 6.45) is 1.44. The third kappa shape index (κ3) is 6.09. The molecule has 1 fully saturated rings. The number of hydrogen-bond donors (Lipinski definition) is 6. The van der Waals surface area contributed by atoms with Gasteiger partial charge in [-0.15, -0.1) is 0 Å². The van der Waals surface area contributed by atoms with Crippen molar-refractivity contribution in [1.82, 2.24) is 9.80 Å². The van der Waals surface area contributed by atoms with Gasteiger partial charge in [0.25, 0.3) is 10.0 Å². The molecule has 198 valence electrons. The summed E-state index contributed by atoms with van der Waals surface area (Å²) in [7, 11) is -6.03. The molecule has 37 heavy (non-hydrogen) atoms. The van der Waals surface area contributed by atoms with E-state index < -0.39 is 23.6 Å². The topological polar surface area (TPSA) is 193 Å². The van der Waals surface area contributed by atoms with Gasteiger partial charge in [0.2, 0.25) is 0 Å². The summed E-state index contributed by atoms with van der Waals surface area (Å²) in [6, 6.07) is 11.2. The summed E-state index contributed by atoms with van der Waals surface area (Å²) in [4.78, 5) is 3.45. The average Bonchev–Trinajstić information content (AvgIpc) is 2.87. The summed E-state index contributed by atoms with van der Waals surface area (Å²) >= 11 is 0. The van der Waals surface area contributed by atoms with Gasteiger partial charge in [-0.25, -0.2) is 8.42 Å². The number of guanidine groups is 2. The first-order valence-corrected chi connectivity index (χ1v) is 13.4. The lowest BCUT2D eigenvalue weighted by Crippen LogP contribution is -2.44. The van der Waals surface area contributed by atoms with Crippen LogP contribution in [-0.4, -0.2) is 79.5 Å². The maximum atomic E-state index is 13.6. The van der Waals surface area contributed by atoms with Crippen molar-refractivity contribution in [2.24, 2.45) is 11.5 Å². The minimum atomic E-state index is -4.14. The zero-order chi connectivity index (χ0) is 26.7. The van der Waals surface area contributed by atoms with Gasteiger partial charge in [-0.2, -0.15) is 0 Å². The number of hydrogen-bond acceptors (Lipinski definition) is 7. The molecule has 1 saturated heterocycles. The van der Waals surface area contributed by atoms with Crippen LogP contribution in [-0.2, 0) is 23.0 Å². The van der Waals surface area contributed by atoms with Crippen LogP contribution in [0.2, 0.25) is 0 Å². The summed E-state index contributed by atoms with van der Waals surface area (Å²) < 4.78 is 34.1. The van der Waals surface area contributed by atoms with Crippen molar-refractivity contribution in [1.29, 1.82) is 10.8 Å². The Hall–Kier alpha value is -3.49. The fourth-order valence-electron chi connectivity index (χ4n) is 4.62. The molecule has 0 unspecified atom stereocenters. The first-order valence-electron chi connectivity index (χ1n) is 12.0. The summed E-state index contributed by atoms with van der Waals surface area (Å²) in [5, 5.41) is 34.6. The third-order valence-electron chi connectivity index (χ3n) is 6.66. The van der Waals surface area contributed by atoms with Crippen molar-refractivity contribution in [3.8, 4) is 5.75 Å². The van der Waals surface area contributed by atoms with E-state index in [9.17, 15) is 18.5 Å². The molecule has 0 aliphatic carbocycles. The quantitative estimate of drug-likeness (QED) is 0.161. The van der Waals surface area contributed by atoms with Crippen molar-refractivity contribution in [2.45, 2.75) is 36.8 Å². The van der Waals surface area contributed by atoms with Crippen LogP contribution < -0.4 is 20.5 Å². The number of nitrogens with one attached hydrogen (secondary N) is 2. The molecule has 0 aromatic heterocycles. The molecule has 2 heterocycles.